The fourth-order valence-corrected chi connectivity index (χ4v) is 2.00. The predicted molar refractivity (Wildman–Crippen MR) is 70.2 cm³/mol. The first-order valence-electron chi connectivity index (χ1n) is 6.24. The number of hydrogen-bond acceptors (Lipinski definition) is 4. The number of nitrogens with two attached hydrogens (primary N) is 1. The van der Waals surface area contributed by atoms with Crippen LogP contribution in [0.1, 0.15) is 5.56 Å². The second-order valence-electron chi connectivity index (χ2n) is 4.33. The molecule has 1 heterocycles. The smallest absolute Gasteiger partial charge is 0.137 e. The molecule has 1 aliphatic heterocycles. The van der Waals surface area contributed by atoms with E-state index in [2.05, 4.69) is 4.90 Å². The Morgan fingerprint density at radius 2 is 2.16 bits per heavy atom. The molecule has 0 radical (unpaired) electrons. The molecule has 0 saturated carbocycles. The van der Waals surface area contributed by atoms with E-state index in [1.165, 1.54) is 6.07 Å². The normalized spacial score (nSPS) is 16.3. The molecule has 1 aliphatic rings. The molecule has 6 heteroatoms. The molecule has 1 fully saturated rings. The van der Waals surface area contributed by atoms with Gasteiger partial charge in [0.15, 0.2) is 0 Å². The lowest BCUT2D eigenvalue weighted by Crippen LogP contribution is -2.38. The minimum absolute atomic E-state index is 0.0319. The van der Waals surface area contributed by atoms with Crippen LogP contribution in [-0.4, -0.2) is 50.2 Å². The van der Waals surface area contributed by atoms with Crippen molar-refractivity contribution in [2.45, 2.75) is 0 Å². The Kier molecular flexibility index (Phi) is 4.70. The number of rotatable bonds is 5. The number of halogens is 1. The van der Waals surface area contributed by atoms with Crippen molar-refractivity contribution in [1.29, 1.82) is 5.41 Å². The number of amidine groups is 1. The van der Waals surface area contributed by atoms with E-state index in [9.17, 15) is 4.39 Å². The van der Waals surface area contributed by atoms with Gasteiger partial charge >= 0.3 is 0 Å². The molecule has 0 atom stereocenters. The Hall–Kier alpha value is -1.66. The van der Waals surface area contributed by atoms with Crippen molar-refractivity contribution >= 4 is 5.84 Å². The molecule has 0 unspecified atom stereocenters. The molecule has 0 aliphatic carbocycles. The van der Waals surface area contributed by atoms with E-state index in [-0.39, 0.29) is 11.4 Å². The monoisotopic (exact) mass is 267 g/mol. The Labute approximate surface area is 111 Å². The Balaban J connectivity index is 1.92. The van der Waals surface area contributed by atoms with E-state index in [4.69, 9.17) is 20.6 Å². The van der Waals surface area contributed by atoms with Gasteiger partial charge in [-0.25, -0.2) is 4.39 Å². The van der Waals surface area contributed by atoms with Gasteiger partial charge in [-0.15, -0.1) is 0 Å². The van der Waals surface area contributed by atoms with Gasteiger partial charge in [-0.3, -0.25) is 10.3 Å². The third-order valence-corrected chi connectivity index (χ3v) is 3.01. The lowest BCUT2D eigenvalue weighted by molar-refractivity contribution is 0.0322. The van der Waals surface area contributed by atoms with Crippen molar-refractivity contribution in [3.63, 3.8) is 0 Å². The number of nitrogens with one attached hydrogen (secondary N) is 1. The van der Waals surface area contributed by atoms with Crippen molar-refractivity contribution in [1.82, 2.24) is 4.90 Å². The van der Waals surface area contributed by atoms with Gasteiger partial charge in [0.1, 0.15) is 24.0 Å². The van der Waals surface area contributed by atoms with Gasteiger partial charge in [0.2, 0.25) is 0 Å². The van der Waals surface area contributed by atoms with Crippen molar-refractivity contribution in [2.75, 3.05) is 39.5 Å². The molecule has 0 spiro atoms. The second-order valence-corrected chi connectivity index (χ2v) is 4.33. The summed E-state index contributed by atoms with van der Waals surface area (Å²) < 4.78 is 24.3. The Morgan fingerprint density at radius 1 is 1.42 bits per heavy atom. The van der Waals surface area contributed by atoms with Gasteiger partial charge in [-0.1, -0.05) is 6.07 Å². The highest BCUT2D eigenvalue weighted by Crippen LogP contribution is 2.20. The average molecular weight is 267 g/mol. The molecule has 3 N–H and O–H groups in total. The number of nitrogen functional groups attached to an aromatic ring is 1. The molecule has 1 saturated heterocycles. The molecular formula is C13H18FN3O2. The van der Waals surface area contributed by atoms with E-state index in [1.807, 2.05) is 0 Å². The zero-order chi connectivity index (χ0) is 13.7. The van der Waals surface area contributed by atoms with Crippen LogP contribution in [0.15, 0.2) is 18.2 Å². The van der Waals surface area contributed by atoms with E-state index >= 15 is 0 Å². The molecule has 5 nitrogen and oxygen atoms in total. The maximum absolute atomic E-state index is 13.6. The number of hydrogen-bond donors (Lipinski definition) is 2. The summed E-state index contributed by atoms with van der Waals surface area (Å²) in [7, 11) is 0. The van der Waals surface area contributed by atoms with E-state index < -0.39 is 5.82 Å². The third-order valence-electron chi connectivity index (χ3n) is 3.01. The summed E-state index contributed by atoms with van der Waals surface area (Å²) in [5.41, 5.74) is 5.40. The maximum atomic E-state index is 13.6. The molecule has 19 heavy (non-hydrogen) atoms. The minimum Gasteiger partial charge on any atom is -0.491 e. The Morgan fingerprint density at radius 3 is 2.84 bits per heavy atom. The average Bonchev–Trinajstić information content (AvgIpc) is 2.39. The topological polar surface area (TPSA) is 71.6 Å². The van der Waals surface area contributed by atoms with Crippen LogP contribution in [-0.2, 0) is 4.74 Å². The number of ether oxygens (including phenoxy) is 2. The van der Waals surface area contributed by atoms with Crippen LogP contribution in [0, 0.1) is 11.2 Å². The van der Waals surface area contributed by atoms with Gasteiger partial charge < -0.3 is 15.2 Å². The zero-order valence-electron chi connectivity index (χ0n) is 10.7. The van der Waals surface area contributed by atoms with E-state index in [1.54, 1.807) is 12.1 Å². The number of benzene rings is 1. The van der Waals surface area contributed by atoms with E-state index in [0.717, 1.165) is 32.8 Å². The summed E-state index contributed by atoms with van der Waals surface area (Å²) in [4.78, 5) is 2.22. The Bertz CT molecular complexity index is 448. The summed E-state index contributed by atoms with van der Waals surface area (Å²) in [6.07, 6.45) is 0. The molecule has 0 aromatic heterocycles. The quantitative estimate of drug-likeness (QED) is 0.612. The molecule has 0 amide bonds. The number of nitrogens with zero attached hydrogens (tertiary/aromatic N) is 1. The van der Waals surface area contributed by atoms with Gasteiger partial charge in [0.25, 0.3) is 0 Å². The highest BCUT2D eigenvalue weighted by molar-refractivity contribution is 5.97. The van der Waals surface area contributed by atoms with Crippen LogP contribution in [0.2, 0.25) is 0 Å². The first-order chi connectivity index (χ1) is 9.18. The van der Waals surface area contributed by atoms with E-state index in [0.29, 0.717) is 12.4 Å². The summed E-state index contributed by atoms with van der Waals surface area (Å²) in [5, 5.41) is 7.38. The molecule has 1 aromatic carbocycles. The van der Waals surface area contributed by atoms with Crippen LogP contribution in [0.25, 0.3) is 0 Å². The lowest BCUT2D eigenvalue weighted by Gasteiger charge is -2.26. The predicted octanol–water partition coefficient (Wildman–Crippen LogP) is 0.821. The largest absolute Gasteiger partial charge is 0.491 e. The van der Waals surface area contributed by atoms with Crippen LogP contribution in [0.5, 0.6) is 5.75 Å². The van der Waals surface area contributed by atoms with Gasteiger partial charge in [-0.05, 0) is 12.1 Å². The van der Waals surface area contributed by atoms with Gasteiger partial charge in [0, 0.05) is 19.6 Å². The standard InChI is InChI=1S/C13H18FN3O2/c14-10-2-1-3-11(12(10)13(15)16)19-9-6-17-4-7-18-8-5-17/h1-3H,4-9H2,(H3,15,16). The third kappa shape index (κ3) is 3.65. The van der Waals surface area contributed by atoms with Crippen LogP contribution < -0.4 is 10.5 Å². The van der Waals surface area contributed by atoms with Crippen molar-refractivity contribution in [3.8, 4) is 5.75 Å². The second kappa shape index (κ2) is 6.49. The number of morpholine rings is 1. The maximum Gasteiger partial charge on any atom is 0.137 e. The molecule has 2 rings (SSSR count). The first kappa shape index (κ1) is 13.8. The minimum atomic E-state index is -0.531. The zero-order valence-corrected chi connectivity index (χ0v) is 10.7. The van der Waals surface area contributed by atoms with Crippen molar-refractivity contribution in [2.24, 2.45) is 5.73 Å². The highest BCUT2D eigenvalue weighted by Gasteiger charge is 2.14. The first-order valence-corrected chi connectivity index (χ1v) is 6.24. The summed E-state index contributed by atoms with van der Waals surface area (Å²) in [6, 6.07) is 4.44. The SMILES string of the molecule is N=C(N)c1c(F)cccc1OCCN1CCOCC1. The van der Waals surface area contributed by atoms with Crippen LogP contribution in [0.4, 0.5) is 4.39 Å². The molecule has 0 bridgehead atoms. The lowest BCUT2D eigenvalue weighted by atomic mass is 10.1. The van der Waals surface area contributed by atoms with Gasteiger partial charge in [-0.2, -0.15) is 0 Å². The summed E-state index contributed by atoms with van der Waals surface area (Å²) in [6.45, 7) is 4.41. The fourth-order valence-electron chi connectivity index (χ4n) is 2.00. The van der Waals surface area contributed by atoms with Crippen LogP contribution >= 0.6 is 0 Å². The van der Waals surface area contributed by atoms with Crippen LogP contribution in [0.3, 0.4) is 0 Å². The summed E-state index contributed by atoms with van der Waals surface area (Å²) in [5.74, 6) is -0.531. The molecular weight excluding hydrogens is 249 g/mol. The fraction of sp³-hybridized carbons (Fsp3) is 0.462. The van der Waals surface area contributed by atoms with Crippen molar-refractivity contribution in [3.05, 3.63) is 29.6 Å². The summed E-state index contributed by atoms with van der Waals surface area (Å²) >= 11 is 0. The van der Waals surface area contributed by atoms with Crippen molar-refractivity contribution < 1.29 is 13.9 Å². The molecule has 104 valence electrons. The molecule has 1 aromatic rings. The van der Waals surface area contributed by atoms with Gasteiger partial charge in [0.05, 0.1) is 18.8 Å². The highest BCUT2D eigenvalue weighted by atomic mass is 19.1.